The Morgan fingerprint density at radius 2 is 2.33 bits per heavy atom. The zero-order valence-electron chi connectivity index (χ0n) is 10.7. The molecule has 1 fully saturated rings. The van der Waals surface area contributed by atoms with Gasteiger partial charge in [-0.15, -0.1) is 0 Å². The average Bonchev–Trinajstić information content (AvgIpc) is 2.37. The van der Waals surface area contributed by atoms with Crippen molar-refractivity contribution in [2.75, 3.05) is 33.5 Å². The normalized spacial score (nSPS) is 21.4. The third-order valence-corrected chi connectivity index (χ3v) is 2.89. The maximum Gasteiger partial charge on any atom is 0.328 e. The first kappa shape index (κ1) is 14.7. The maximum absolute atomic E-state index is 12.0. The molecule has 0 aromatic carbocycles. The van der Waals surface area contributed by atoms with Gasteiger partial charge < -0.3 is 24.8 Å². The van der Waals surface area contributed by atoms with Crippen molar-refractivity contribution in [3.63, 3.8) is 0 Å². The number of urea groups is 1. The van der Waals surface area contributed by atoms with E-state index in [2.05, 4.69) is 5.32 Å². The molecule has 0 aliphatic carbocycles. The topological polar surface area (TPSA) is 88.1 Å². The standard InChI is InChI=1S/C11H20N2O5/c1-3-8-6-18-5-4-13(8)11(16)12-9(7-17-2)10(14)15/h8-9H,3-7H2,1-2H3,(H,12,16)(H,14,15). The predicted octanol–water partition coefficient (Wildman–Crippen LogP) is -0.0936. The molecule has 2 atom stereocenters. The Morgan fingerprint density at radius 1 is 1.61 bits per heavy atom. The molecule has 2 N–H and O–H groups in total. The lowest BCUT2D eigenvalue weighted by Crippen LogP contribution is -2.56. The molecule has 0 aromatic heterocycles. The van der Waals surface area contributed by atoms with Crippen molar-refractivity contribution in [1.82, 2.24) is 10.2 Å². The van der Waals surface area contributed by atoms with Crippen LogP contribution in [0, 0.1) is 0 Å². The summed E-state index contributed by atoms with van der Waals surface area (Å²) in [6, 6.07) is -1.41. The highest BCUT2D eigenvalue weighted by molar-refractivity contribution is 5.82. The molecular formula is C11H20N2O5. The van der Waals surface area contributed by atoms with Crippen molar-refractivity contribution in [2.24, 2.45) is 0 Å². The Kier molecular flexibility index (Phi) is 5.87. The van der Waals surface area contributed by atoms with Crippen molar-refractivity contribution >= 4 is 12.0 Å². The van der Waals surface area contributed by atoms with Gasteiger partial charge in [-0.3, -0.25) is 0 Å². The number of hydrogen-bond acceptors (Lipinski definition) is 4. The van der Waals surface area contributed by atoms with Gasteiger partial charge in [0.1, 0.15) is 0 Å². The van der Waals surface area contributed by atoms with E-state index in [1.54, 1.807) is 4.90 Å². The molecule has 0 radical (unpaired) electrons. The van der Waals surface area contributed by atoms with Crippen LogP contribution in [0.4, 0.5) is 4.79 Å². The van der Waals surface area contributed by atoms with E-state index >= 15 is 0 Å². The number of amides is 2. The van der Waals surface area contributed by atoms with Gasteiger partial charge >= 0.3 is 12.0 Å². The molecule has 1 heterocycles. The summed E-state index contributed by atoms with van der Waals surface area (Å²) in [7, 11) is 1.39. The summed E-state index contributed by atoms with van der Waals surface area (Å²) in [5.74, 6) is -1.11. The fraction of sp³-hybridized carbons (Fsp3) is 0.818. The number of nitrogens with zero attached hydrogens (tertiary/aromatic N) is 1. The summed E-state index contributed by atoms with van der Waals surface area (Å²) < 4.78 is 10.1. The van der Waals surface area contributed by atoms with Crippen LogP contribution in [0.3, 0.4) is 0 Å². The number of carboxylic acids is 1. The number of methoxy groups -OCH3 is 1. The molecule has 0 aromatic rings. The van der Waals surface area contributed by atoms with Crippen LogP contribution in [0.1, 0.15) is 13.3 Å². The van der Waals surface area contributed by atoms with Gasteiger partial charge in [0.05, 0.1) is 25.9 Å². The molecule has 7 heteroatoms. The zero-order valence-corrected chi connectivity index (χ0v) is 10.7. The fourth-order valence-electron chi connectivity index (χ4n) is 1.83. The Balaban J connectivity index is 2.58. The number of carbonyl (C=O) groups is 2. The van der Waals surface area contributed by atoms with Crippen LogP contribution in [0.5, 0.6) is 0 Å². The highest BCUT2D eigenvalue weighted by Crippen LogP contribution is 2.10. The summed E-state index contributed by atoms with van der Waals surface area (Å²) in [4.78, 5) is 24.5. The van der Waals surface area contributed by atoms with Crippen molar-refractivity contribution in [3.05, 3.63) is 0 Å². The van der Waals surface area contributed by atoms with Crippen LogP contribution in [-0.2, 0) is 14.3 Å². The molecule has 0 saturated carbocycles. The first-order valence-electron chi connectivity index (χ1n) is 5.96. The van der Waals surface area contributed by atoms with Crippen LogP contribution in [-0.4, -0.2) is 67.6 Å². The first-order chi connectivity index (χ1) is 8.60. The molecule has 1 aliphatic heterocycles. The van der Waals surface area contributed by atoms with Gasteiger partial charge in [-0.25, -0.2) is 9.59 Å². The smallest absolute Gasteiger partial charge is 0.328 e. The molecule has 1 saturated heterocycles. The van der Waals surface area contributed by atoms with E-state index in [4.69, 9.17) is 14.6 Å². The largest absolute Gasteiger partial charge is 0.480 e. The molecule has 1 aliphatic rings. The first-order valence-corrected chi connectivity index (χ1v) is 5.96. The molecule has 0 bridgehead atoms. The van der Waals surface area contributed by atoms with Crippen LogP contribution < -0.4 is 5.32 Å². The van der Waals surface area contributed by atoms with E-state index < -0.39 is 12.0 Å². The minimum Gasteiger partial charge on any atom is -0.480 e. The highest BCUT2D eigenvalue weighted by Gasteiger charge is 2.29. The Labute approximate surface area is 106 Å². The number of morpholine rings is 1. The number of aliphatic carboxylic acids is 1. The molecule has 7 nitrogen and oxygen atoms in total. The van der Waals surface area contributed by atoms with Crippen LogP contribution in [0.15, 0.2) is 0 Å². The van der Waals surface area contributed by atoms with Crippen LogP contribution >= 0.6 is 0 Å². The lowest BCUT2D eigenvalue weighted by molar-refractivity contribution is -0.140. The third kappa shape index (κ3) is 3.85. The van der Waals surface area contributed by atoms with Crippen molar-refractivity contribution in [3.8, 4) is 0 Å². The van der Waals surface area contributed by atoms with E-state index in [1.807, 2.05) is 6.92 Å². The predicted molar refractivity (Wildman–Crippen MR) is 63.4 cm³/mol. The summed E-state index contributed by atoms with van der Waals surface area (Å²) in [5.41, 5.74) is 0. The lowest BCUT2D eigenvalue weighted by atomic mass is 10.2. The van der Waals surface area contributed by atoms with E-state index in [-0.39, 0.29) is 18.7 Å². The average molecular weight is 260 g/mol. The quantitative estimate of drug-likeness (QED) is 0.721. The second kappa shape index (κ2) is 7.17. The van der Waals surface area contributed by atoms with Gasteiger partial charge in [0.15, 0.2) is 6.04 Å². The second-order valence-corrected chi connectivity index (χ2v) is 4.13. The van der Waals surface area contributed by atoms with Gasteiger partial charge in [0, 0.05) is 13.7 Å². The minimum atomic E-state index is -1.11. The second-order valence-electron chi connectivity index (χ2n) is 4.13. The van der Waals surface area contributed by atoms with E-state index in [1.165, 1.54) is 7.11 Å². The number of ether oxygens (including phenoxy) is 2. The molecule has 2 unspecified atom stereocenters. The van der Waals surface area contributed by atoms with Gasteiger partial charge in [-0.05, 0) is 6.42 Å². The summed E-state index contributed by atoms with van der Waals surface area (Å²) in [6.07, 6.45) is 0.773. The SMILES string of the molecule is CCC1COCCN1C(=O)NC(COC)C(=O)O. The maximum atomic E-state index is 12.0. The van der Waals surface area contributed by atoms with E-state index in [0.29, 0.717) is 19.8 Å². The summed E-state index contributed by atoms with van der Waals surface area (Å²) in [6.45, 7) is 3.35. The van der Waals surface area contributed by atoms with Gasteiger partial charge in [0.25, 0.3) is 0 Å². The Hall–Kier alpha value is -1.34. The number of carbonyl (C=O) groups excluding carboxylic acids is 1. The lowest BCUT2D eigenvalue weighted by Gasteiger charge is -2.35. The molecule has 0 spiro atoms. The Morgan fingerprint density at radius 3 is 2.89 bits per heavy atom. The molecular weight excluding hydrogens is 240 g/mol. The summed E-state index contributed by atoms with van der Waals surface area (Å²) >= 11 is 0. The number of nitrogens with one attached hydrogen (secondary N) is 1. The van der Waals surface area contributed by atoms with Gasteiger partial charge in [-0.1, -0.05) is 6.92 Å². The fourth-order valence-corrected chi connectivity index (χ4v) is 1.83. The van der Waals surface area contributed by atoms with Crippen LogP contribution in [0.2, 0.25) is 0 Å². The van der Waals surface area contributed by atoms with Crippen molar-refractivity contribution in [2.45, 2.75) is 25.4 Å². The molecule has 18 heavy (non-hydrogen) atoms. The Bertz CT molecular complexity index is 297. The highest BCUT2D eigenvalue weighted by atomic mass is 16.5. The number of carboxylic acid groups (broad SMARTS) is 1. The molecule has 2 amide bonds. The van der Waals surface area contributed by atoms with Gasteiger partial charge in [-0.2, -0.15) is 0 Å². The van der Waals surface area contributed by atoms with Crippen LogP contribution in [0.25, 0.3) is 0 Å². The van der Waals surface area contributed by atoms with E-state index in [9.17, 15) is 9.59 Å². The summed E-state index contributed by atoms with van der Waals surface area (Å²) in [5, 5.41) is 11.4. The minimum absolute atomic E-state index is 0.00394. The van der Waals surface area contributed by atoms with Crippen molar-refractivity contribution in [1.29, 1.82) is 0 Å². The number of rotatable bonds is 5. The zero-order chi connectivity index (χ0) is 13.5. The van der Waals surface area contributed by atoms with Crippen molar-refractivity contribution < 1.29 is 24.2 Å². The number of hydrogen-bond donors (Lipinski definition) is 2. The molecule has 1 rings (SSSR count). The molecule has 104 valence electrons. The van der Waals surface area contributed by atoms with Gasteiger partial charge in [0.2, 0.25) is 0 Å². The third-order valence-electron chi connectivity index (χ3n) is 2.89. The van der Waals surface area contributed by atoms with E-state index in [0.717, 1.165) is 6.42 Å². The monoisotopic (exact) mass is 260 g/mol.